The monoisotopic (exact) mass is 180 g/mol. The van der Waals surface area contributed by atoms with E-state index in [0.29, 0.717) is 0 Å². The van der Waals surface area contributed by atoms with Gasteiger partial charge in [0.2, 0.25) is 0 Å². The van der Waals surface area contributed by atoms with Crippen LogP contribution in [-0.2, 0) is 0 Å². The number of halogens is 1. The second-order valence-electron chi connectivity index (χ2n) is 2.49. The lowest BCUT2D eigenvalue weighted by molar-refractivity contribution is -0.385. The van der Waals surface area contributed by atoms with Gasteiger partial charge in [-0.05, 0) is 19.1 Å². The number of nitriles is 1. The van der Waals surface area contributed by atoms with Crippen LogP contribution in [0.4, 0.5) is 10.1 Å². The lowest BCUT2D eigenvalue weighted by Crippen LogP contribution is -1.96. The Morgan fingerprint density at radius 2 is 2.23 bits per heavy atom. The third-order valence-electron chi connectivity index (χ3n) is 1.57. The molecule has 0 saturated heterocycles. The van der Waals surface area contributed by atoms with Gasteiger partial charge in [-0.3, -0.25) is 10.1 Å². The molecule has 0 saturated carbocycles. The van der Waals surface area contributed by atoms with Crippen LogP contribution in [0.5, 0.6) is 0 Å². The van der Waals surface area contributed by atoms with E-state index in [2.05, 4.69) is 0 Å². The van der Waals surface area contributed by atoms with Crippen LogP contribution in [0.2, 0.25) is 0 Å². The Kier molecular flexibility index (Phi) is 2.24. The van der Waals surface area contributed by atoms with Crippen molar-refractivity contribution in [3.63, 3.8) is 0 Å². The molecule has 1 aromatic rings. The topological polar surface area (TPSA) is 66.9 Å². The average molecular weight is 180 g/mol. The van der Waals surface area contributed by atoms with E-state index in [1.807, 2.05) is 0 Å². The van der Waals surface area contributed by atoms with Gasteiger partial charge in [0.05, 0.1) is 4.92 Å². The van der Waals surface area contributed by atoms with Crippen molar-refractivity contribution in [3.8, 4) is 6.07 Å². The lowest BCUT2D eigenvalue weighted by Gasteiger charge is -1.98. The number of benzene rings is 1. The summed E-state index contributed by atoms with van der Waals surface area (Å²) in [5.74, 6) is -0.639. The van der Waals surface area contributed by atoms with Crippen LogP contribution < -0.4 is 0 Å². The number of nitrogens with zero attached hydrogens (tertiary/aromatic N) is 2. The fourth-order valence-corrected chi connectivity index (χ4v) is 1.06. The van der Waals surface area contributed by atoms with E-state index in [1.165, 1.54) is 6.92 Å². The molecule has 5 heteroatoms. The molecule has 0 radical (unpaired) electrons. The van der Waals surface area contributed by atoms with Crippen molar-refractivity contribution in [1.82, 2.24) is 0 Å². The maximum atomic E-state index is 12.7. The second-order valence-corrected chi connectivity index (χ2v) is 2.49. The van der Waals surface area contributed by atoms with Crippen molar-refractivity contribution >= 4 is 5.69 Å². The summed E-state index contributed by atoms with van der Waals surface area (Å²) in [5.41, 5.74) is -0.423. The Hall–Kier alpha value is -1.96. The Balaban J connectivity index is 3.50. The molecule has 0 aliphatic carbocycles. The number of nitro benzene ring substituents is 1. The SMILES string of the molecule is Cc1cc(F)cc(C#N)c1[N+](=O)[O-]. The molecule has 0 bridgehead atoms. The molecule has 0 atom stereocenters. The average Bonchev–Trinajstić information content (AvgIpc) is 2.01. The molecule has 0 aliphatic heterocycles. The van der Waals surface area contributed by atoms with E-state index < -0.39 is 10.7 Å². The third-order valence-corrected chi connectivity index (χ3v) is 1.57. The van der Waals surface area contributed by atoms with E-state index >= 15 is 0 Å². The summed E-state index contributed by atoms with van der Waals surface area (Å²) in [6.45, 7) is 1.39. The Bertz CT molecular complexity index is 409. The third kappa shape index (κ3) is 1.62. The molecule has 0 aliphatic rings. The zero-order valence-electron chi connectivity index (χ0n) is 6.74. The van der Waals surface area contributed by atoms with Gasteiger partial charge in [0.15, 0.2) is 0 Å². The van der Waals surface area contributed by atoms with Crippen molar-refractivity contribution in [2.24, 2.45) is 0 Å². The number of hydrogen-bond donors (Lipinski definition) is 0. The summed E-state index contributed by atoms with van der Waals surface area (Å²) >= 11 is 0. The van der Waals surface area contributed by atoms with Gasteiger partial charge in [0.1, 0.15) is 17.4 Å². The zero-order valence-corrected chi connectivity index (χ0v) is 6.74. The highest BCUT2D eigenvalue weighted by molar-refractivity contribution is 5.53. The van der Waals surface area contributed by atoms with Crippen molar-refractivity contribution < 1.29 is 9.31 Å². The molecular formula is C8H5FN2O2. The summed E-state index contributed by atoms with van der Waals surface area (Å²) in [7, 11) is 0. The molecule has 0 unspecified atom stereocenters. The minimum atomic E-state index is -0.687. The molecule has 13 heavy (non-hydrogen) atoms. The quantitative estimate of drug-likeness (QED) is 0.489. The van der Waals surface area contributed by atoms with Crippen molar-refractivity contribution in [3.05, 3.63) is 39.2 Å². The number of hydrogen-bond acceptors (Lipinski definition) is 3. The Morgan fingerprint density at radius 3 is 2.69 bits per heavy atom. The predicted molar refractivity (Wildman–Crippen MR) is 42.5 cm³/mol. The maximum Gasteiger partial charge on any atom is 0.290 e. The largest absolute Gasteiger partial charge is 0.290 e. The summed E-state index contributed by atoms with van der Waals surface area (Å²) in [6, 6.07) is 3.46. The number of nitro groups is 1. The Labute approximate surface area is 73.4 Å². The van der Waals surface area contributed by atoms with E-state index in [9.17, 15) is 14.5 Å². The van der Waals surface area contributed by atoms with Crippen LogP contribution in [-0.4, -0.2) is 4.92 Å². The number of aryl methyl sites for hydroxylation is 1. The van der Waals surface area contributed by atoms with Crippen LogP contribution in [0.1, 0.15) is 11.1 Å². The standard InChI is InChI=1S/C8H5FN2O2/c1-5-2-7(9)3-6(4-10)8(5)11(12)13/h2-3H,1H3. The van der Waals surface area contributed by atoms with Gasteiger partial charge in [-0.15, -0.1) is 0 Å². The van der Waals surface area contributed by atoms with E-state index in [0.717, 1.165) is 12.1 Å². The van der Waals surface area contributed by atoms with Crippen LogP contribution >= 0.6 is 0 Å². The van der Waals surface area contributed by atoms with Crippen molar-refractivity contribution in [1.29, 1.82) is 5.26 Å². The molecule has 0 aromatic heterocycles. The van der Waals surface area contributed by atoms with Crippen LogP contribution in [0.15, 0.2) is 12.1 Å². The van der Waals surface area contributed by atoms with Gasteiger partial charge in [0, 0.05) is 5.56 Å². The fourth-order valence-electron chi connectivity index (χ4n) is 1.06. The molecule has 1 aromatic carbocycles. The fraction of sp³-hybridized carbons (Fsp3) is 0.125. The highest BCUT2D eigenvalue weighted by atomic mass is 19.1. The first-order chi connectivity index (χ1) is 6.06. The summed E-state index contributed by atoms with van der Waals surface area (Å²) in [5, 5.41) is 18.9. The molecule has 0 spiro atoms. The normalized spacial score (nSPS) is 9.31. The van der Waals surface area contributed by atoms with Crippen LogP contribution in [0.25, 0.3) is 0 Å². The molecule has 1 rings (SSSR count). The summed E-state index contributed by atoms with van der Waals surface area (Å²) < 4.78 is 12.7. The van der Waals surface area contributed by atoms with E-state index in [-0.39, 0.29) is 16.8 Å². The van der Waals surface area contributed by atoms with Gasteiger partial charge in [-0.25, -0.2) is 4.39 Å². The molecule has 0 N–H and O–H groups in total. The van der Waals surface area contributed by atoms with Crippen LogP contribution in [0.3, 0.4) is 0 Å². The van der Waals surface area contributed by atoms with Crippen molar-refractivity contribution in [2.45, 2.75) is 6.92 Å². The van der Waals surface area contributed by atoms with Crippen molar-refractivity contribution in [2.75, 3.05) is 0 Å². The maximum absolute atomic E-state index is 12.7. The Morgan fingerprint density at radius 1 is 1.62 bits per heavy atom. The molecule has 4 nitrogen and oxygen atoms in total. The lowest BCUT2D eigenvalue weighted by atomic mass is 10.1. The number of rotatable bonds is 1. The first-order valence-electron chi connectivity index (χ1n) is 3.41. The molecule has 0 fully saturated rings. The highest BCUT2D eigenvalue weighted by Crippen LogP contribution is 2.23. The van der Waals surface area contributed by atoms with Gasteiger partial charge in [0.25, 0.3) is 5.69 Å². The second kappa shape index (κ2) is 3.19. The van der Waals surface area contributed by atoms with Gasteiger partial charge >= 0.3 is 0 Å². The highest BCUT2D eigenvalue weighted by Gasteiger charge is 2.18. The van der Waals surface area contributed by atoms with Gasteiger partial charge < -0.3 is 0 Å². The minimum Gasteiger partial charge on any atom is -0.258 e. The molecule has 0 amide bonds. The smallest absolute Gasteiger partial charge is 0.258 e. The first kappa shape index (κ1) is 9.13. The summed E-state index contributed by atoms with van der Waals surface area (Å²) in [4.78, 5) is 9.76. The molecule has 66 valence electrons. The molecule has 0 heterocycles. The molecular weight excluding hydrogens is 175 g/mol. The zero-order chi connectivity index (χ0) is 10.0. The first-order valence-corrected chi connectivity index (χ1v) is 3.41. The van der Waals surface area contributed by atoms with E-state index in [4.69, 9.17) is 5.26 Å². The van der Waals surface area contributed by atoms with Gasteiger partial charge in [-0.1, -0.05) is 0 Å². The van der Waals surface area contributed by atoms with Crippen LogP contribution in [0, 0.1) is 34.2 Å². The van der Waals surface area contributed by atoms with E-state index in [1.54, 1.807) is 6.07 Å². The van der Waals surface area contributed by atoms with Gasteiger partial charge in [-0.2, -0.15) is 5.26 Å². The minimum absolute atomic E-state index is 0.154. The predicted octanol–water partition coefficient (Wildman–Crippen LogP) is 1.91. The summed E-state index contributed by atoms with van der Waals surface area (Å²) in [6.07, 6.45) is 0.